The van der Waals surface area contributed by atoms with Crippen LogP contribution in [0, 0.1) is 0 Å². The monoisotopic (exact) mass is 653 g/mol. The molecule has 4 aromatic carbocycles. The Kier molecular flexibility index (Phi) is 8.94. The van der Waals surface area contributed by atoms with Crippen LogP contribution in [0.25, 0.3) is 0 Å². The zero-order chi connectivity index (χ0) is 31.6. The van der Waals surface area contributed by atoms with Gasteiger partial charge in [-0.2, -0.15) is 13.2 Å². The summed E-state index contributed by atoms with van der Waals surface area (Å²) >= 11 is 5.58. The van der Waals surface area contributed by atoms with Gasteiger partial charge in [0.1, 0.15) is 5.75 Å². The van der Waals surface area contributed by atoms with Gasteiger partial charge >= 0.3 is 6.18 Å². The topological polar surface area (TPSA) is 122 Å². The van der Waals surface area contributed by atoms with Gasteiger partial charge in [0.15, 0.2) is 0 Å². The molecule has 0 aliphatic rings. The van der Waals surface area contributed by atoms with E-state index in [0.717, 1.165) is 16.4 Å². The van der Waals surface area contributed by atoms with E-state index in [1.54, 1.807) is 0 Å². The lowest BCUT2D eigenvalue weighted by Gasteiger charge is -2.20. The summed E-state index contributed by atoms with van der Waals surface area (Å²) in [6.07, 6.45) is -4.77. The molecule has 0 saturated heterocycles. The highest BCUT2D eigenvalue weighted by atomic mass is 35.5. The fourth-order valence-electron chi connectivity index (χ4n) is 3.81. The van der Waals surface area contributed by atoms with Crippen molar-refractivity contribution in [1.29, 1.82) is 0 Å². The third-order valence-corrected chi connectivity index (χ3v) is 9.68. The first kappa shape index (κ1) is 31.7. The highest BCUT2D eigenvalue weighted by Gasteiger charge is 2.33. The second-order valence-corrected chi connectivity index (χ2v) is 13.0. The van der Waals surface area contributed by atoms with Crippen molar-refractivity contribution in [1.82, 2.24) is 0 Å². The average Bonchev–Trinajstić information content (AvgIpc) is 2.97. The number of carbonyl (C=O) groups is 1. The maximum atomic E-state index is 13.1. The van der Waals surface area contributed by atoms with Gasteiger partial charge in [-0.3, -0.25) is 13.8 Å². The van der Waals surface area contributed by atoms with E-state index in [1.807, 2.05) is 0 Å². The van der Waals surface area contributed by atoms with Crippen molar-refractivity contribution in [3.8, 4) is 5.75 Å². The van der Waals surface area contributed by atoms with Crippen molar-refractivity contribution in [3.05, 3.63) is 107 Å². The van der Waals surface area contributed by atoms with Gasteiger partial charge in [-0.25, -0.2) is 16.8 Å². The molecule has 0 heterocycles. The maximum absolute atomic E-state index is 13.1. The van der Waals surface area contributed by atoms with Crippen LogP contribution >= 0.6 is 11.6 Å². The summed E-state index contributed by atoms with van der Waals surface area (Å²) in [5.74, 6) is -0.0485. The largest absolute Gasteiger partial charge is 0.497 e. The van der Waals surface area contributed by atoms with E-state index in [9.17, 15) is 34.8 Å². The minimum atomic E-state index is -4.77. The molecule has 0 aliphatic carbocycles. The number of hydrogen-bond donors (Lipinski definition) is 2. The number of nitrogens with zero attached hydrogens (tertiary/aromatic N) is 1. The van der Waals surface area contributed by atoms with Gasteiger partial charge in [0.05, 0.1) is 33.2 Å². The first-order valence-electron chi connectivity index (χ1n) is 12.2. The molecule has 226 valence electrons. The Morgan fingerprint density at radius 2 is 1.37 bits per heavy atom. The molecule has 43 heavy (non-hydrogen) atoms. The lowest BCUT2D eigenvalue weighted by Crippen LogP contribution is -2.26. The molecular formula is C28H23ClF3N3O6S2. The zero-order valence-corrected chi connectivity index (χ0v) is 24.8. The third-order valence-electron chi connectivity index (χ3n) is 6.16. The number of ether oxygens (including phenoxy) is 1. The second-order valence-electron chi connectivity index (χ2n) is 8.97. The zero-order valence-electron chi connectivity index (χ0n) is 22.4. The van der Waals surface area contributed by atoms with Crippen LogP contribution in [0.4, 0.5) is 30.2 Å². The average molecular weight is 654 g/mol. The Labute approximate surface area is 251 Å². The highest BCUT2D eigenvalue weighted by molar-refractivity contribution is 7.93. The first-order valence-corrected chi connectivity index (χ1v) is 15.5. The van der Waals surface area contributed by atoms with E-state index in [-0.39, 0.29) is 26.7 Å². The molecule has 1 amide bonds. The van der Waals surface area contributed by atoms with Crippen molar-refractivity contribution >= 4 is 54.6 Å². The third kappa shape index (κ3) is 7.21. The Morgan fingerprint density at radius 3 is 1.93 bits per heavy atom. The van der Waals surface area contributed by atoms with Crippen LogP contribution in [0.5, 0.6) is 5.75 Å². The summed E-state index contributed by atoms with van der Waals surface area (Å²) in [5, 5.41) is 2.02. The van der Waals surface area contributed by atoms with Crippen LogP contribution in [-0.4, -0.2) is 36.9 Å². The quantitative estimate of drug-likeness (QED) is 0.220. The van der Waals surface area contributed by atoms with Crippen LogP contribution in [-0.2, 0) is 26.2 Å². The van der Waals surface area contributed by atoms with Crippen molar-refractivity contribution < 1.29 is 39.5 Å². The van der Waals surface area contributed by atoms with E-state index in [2.05, 4.69) is 10.0 Å². The summed E-state index contributed by atoms with van der Waals surface area (Å²) in [6.45, 7) is 0. The van der Waals surface area contributed by atoms with Crippen LogP contribution in [0.15, 0.2) is 101 Å². The Balaban J connectivity index is 1.43. The molecule has 4 aromatic rings. The summed E-state index contributed by atoms with van der Waals surface area (Å²) in [7, 11) is -5.30. The normalized spacial score (nSPS) is 12.0. The van der Waals surface area contributed by atoms with E-state index < -0.39 is 42.7 Å². The molecule has 0 bridgehead atoms. The molecule has 0 spiro atoms. The molecule has 0 saturated carbocycles. The van der Waals surface area contributed by atoms with Gasteiger partial charge in [-0.1, -0.05) is 11.6 Å². The summed E-state index contributed by atoms with van der Waals surface area (Å²) in [5.41, 5.74) is -0.790. The standard InChI is InChI=1S/C28H23ClF3N3O6S2/c1-35(43(39,40)24-14-10-22(41-2)11-15-24)21-8-3-18(4-9-21)27(36)33-19-5-12-23(13-6-19)42(37,38)34-20-7-16-26(29)25(17-20)28(30,31)32/h3-17,34H,1-2H3,(H,33,36). The molecular weight excluding hydrogens is 631 g/mol. The lowest BCUT2D eigenvalue weighted by atomic mass is 10.2. The molecule has 0 unspecified atom stereocenters. The van der Waals surface area contributed by atoms with Crippen LogP contribution in [0.2, 0.25) is 5.02 Å². The van der Waals surface area contributed by atoms with E-state index in [4.69, 9.17) is 16.3 Å². The van der Waals surface area contributed by atoms with Gasteiger partial charge < -0.3 is 10.1 Å². The lowest BCUT2D eigenvalue weighted by molar-refractivity contribution is -0.137. The molecule has 9 nitrogen and oxygen atoms in total. The number of nitrogens with one attached hydrogen (secondary N) is 2. The molecule has 0 atom stereocenters. The Bertz CT molecular complexity index is 1850. The van der Waals surface area contributed by atoms with Gasteiger partial charge in [0.25, 0.3) is 26.0 Å². The Morgan fingerprint density at radius 1 is 0.814 bits per heavy atom. The molecule has 2 N–H and O–H groups in total. The van der Waals surface area contributed by atoms with Crippen LogP contribution < -0.4 is 19.1 Å². The van der Waals surface area contributed by atoms with Gasteiger partial charge in [-0.15, -0.1) is 0 Å². The van der Waals surface area contributed by atoms with Crippen LogP contribution in [0.1, 0.15) is 15.9 Å². The molecule has 0 radical (unpaired) electrons. The predicted molar refractivity (Wildman–Crippen MR) is 157 cm³/mol. The summed E-state index contributed by atoms with van der Waals surface area (Å²) < 4.78 is 98.9. The number of carbonyl (C=O) groups excluding carboxylic acids is 1. The number of anilines is 3. The van der Waals surface area contributed by atoms with Gasteiger partial charge in [0, 0.05) is 24.0 Å². The number of rotatable bonds is 9. The summed E-state index contributed by atoms with van der Waals surface area (Å²) in [6, 6.07) is 19.2. The highest BCUT2D eigenvalue weighted by Crippen LogP contribution is 2.36. The molecule has 15 heteroatoms. The fourth-order valence-corrected chi connectivity index (χ4v) is 6.28. The predicted octanol–water partition coefficient (Wildman–Crippen LogP) is 6.25. The smallest absolute Gasteiger partial charge is 0.417 e. The number of hydrogen-bond acceptors (Lipinski definition) is 6. The molecule has 0 aliphatic heterocycles. The van der Waals surface area contributed by atoms with Crippen LogP contribution in [0.3, 0.4) is 0 Å². The number of halogens is 4. The fraction of sp³-hybridized carbons (Fsp3) is 0.107. The maximum Gasteiger partial charge on any atom is 0.417 e. The van der Waals surface area contributed by atoms with Crippen molar-refractivity contribution in [3.63, 3.8) is 0 Å². The van der Waals surface area contributed by atoms with Crippen molar-refractivity contribution in [2.45, 2.75) is 16.0 Å². The second kappa shape index (κ2) is 12.1. The van der Waals surface area contributed by atoms with E-state index in [0.29, 0.717) is 17.5 Å². The Hall–Kier alpha value is -4.27. The number of benzene rings is 4. The number of amides is 1. The molecule has 0 aromatic heterocycles. The van der Waals surface area contributed by atoms with Gasteiger partial charge in [0.2, 0.25) is 0 Å². The van der Waals surface area contributed by atoms with Crippen molar-refractivity contribution in [2.24, 2.45) is 0 Å². The number of methoxy groups -OCH3 is 1. The molecule has 0 fully saturated rings. The molecule has 4 rings (SSSR count). The number of sulfonamides is 2. The van der Waals surface area contributed by atoms with E-state index >= 15 is 0 Å². The van der Waals surface area contributed by atoms with Gasteiger partial charge in [-0.05, 0) is 91.0 Å². The summed E-state index contributed by atoms with van der Waals surface area (Å²) in [4.78, 5) is 12.5. The SMILES string of the molecule is COc1ccc(S(=O)(=O)N(C)c2ccc(C(=O)Nc3ccc(S(=O)(=O)Nc4ccc(Cl)c(C(F)(F)F)c4)cc3)cc2)cc1. The minimum Gasteiger partial charge on any atom is -0.497 e. The number of alkyl halides is 3. The first-order chi connectivity index (χ1) is 20.1. The van der Waals surface area contributed by atoms with Crippen molar-refractivity contribution in [2.75, 3.05) is 28.5 Å². The minimum absolute atomic E-state index is 0.0532. The van der Waals surface area contributed by atoms with E-state index in [1.165, 1.54) is 87.0 Å².